The minimum Gasteiger partial charge on any atom is -0.506 e. The number of benzene rings is 1. The molecule has 1 amide bonds. The van der Waals surface area contributed by atoms with Crippen molar-refractivity contribution < 1.29 is 19.4 Å². The minimum absolute atomic E-state index is 0.000829. The average molecular weight is 302 g/mol. The van der Waals surface area contributed by atoms with E-state index < -0.39 is 17.5 Å². The highest BCUT2D eigenvalue weighted by Crippen LogP contribution is 2.29. The predicted molar refractivity (Wildman–Crippen MR) is 73.4 cm³/mol. The molecule has 110 valence electrons. The molecular weight excluding hydrogens is 285 g/mol. The molecule has 20 heavy (non-hydrogen) atoms. The average Bonchev–Trinajstić information content (AvgIpc) is 2.43. The smallest absolute Gasteiger partial charge is 0.255 e. The molecular formula is C14H17ClFNO3. The molecule has 1 aromatic rings. The molecule has 1 aliphatic carbocycles. The zero-order chi connectivity index (χ0) is 14.7. The Labute approximate surface area is 121 Å². The number of amides is 1. The van der Waals surface area contributed by atoms with Crippen molar-refractivity contribution in [3.63, 3.8) is 0 Å². The Morgan fingerprint density at radius 1 is 1.40 bits per heavy atom. The molecule has 0 spiro atoms. The second kappa shape index (κ2) is 6.41. The summed E-state index contributed by atoms with van der Waals surface area (Å²) in [6.07, 6.45) is 3.60. The van der Waals surface area contributed by atoms with E-state index in [1.54, 1.807) is 0 Å². The third-order valence-corrected chi connectivity index (χ3v) is 4.02. The van der Waals surface area contributed by atoms with E-state index in [4.69, 9.17) is 11.6 Å². The number of phenols is 1. The molecule has 6 heteroatoms. The van der Waals surface area contributed by atoms with Crippen LogP contribution in [0, 0.1) is 11.7 Å². The first-order valence-corrected chi connectivity index (χ1v) is 7.00. The van der Waals surface area contributed by atoms with E-state index in [1.165, 1.54) is 0 Å². The Balaban J connectivity index is 2.15. The second-order valence-electron chi connectivity index (χ2n) is 5.09. The van der Waals surface area contributed by atoms with Crippen LogP contribution in [0.25, 0.3) is 0 Å². The van der Waals surface area contributed by atoms with Crippen LogP contribution in [-0.4, -0.2) is 28.8 Å². The summed E-state index contributed by atoms with van der Waals surface area (Å²) in [6, 6.07) is 1.74. The van der Waals surface area contributed by atoms with Gasteiger partial charge in [-0.15, -0.1) is 0 Å². The zero-order valence-corrected chi connectivity index (χ0v) is 11.7. The Hall–Kier alpha value is -1.33. The lowest BCUT2D eigenvalue weighted by molar-refractivity contribution is 0.0869. The number of rotatable bonds is 3. The molecule has 1 aliphatic rings. The molecule has 4 nitrogen and oxygen atoms in total. The number of aromatic hydroxyl groups is 1. The van der Waals surface area contributed by atoms with Crippen molar-refractivity contribution >= 4 is 17.5 Å². The van der Waals surface area contributed by atoms with E-state index in [9.17, 15) is 19.4 Å². The van der Waals surface area contributed by atoms with Crippen molar-refractivity contribution in [3.05, 3.63) is 28.5 Å². The Kier molecular flexibility index (Phi) is 4.83. The Morgan fingerprint density at radius 3 is 2.80 bits per heavy atom. The van der Waals surface area contributed by atoms with Gasteiger partial charge in [0.1, 0.15) is 11.6 Å². The number of aliphatic hydroxyl groups excluding tert-OH is 1. The lowest BCUT2D eigenvalue weighted by atomic mass is 9.85. The summed E-state index contributed by atoms with van der Waals surface area (Å²) in [5.74, 6) is -1.68. The molecule has 0 heterocycles. The van der Waals surface area contributed by atoms with Crippen LogP contribution in [0.2, 0.25) is 5.02 Å². The van der Waals surface area contributed by atoms with Gasteiger partial charge >= 0.3 is 0 Å². The number of halogens is 2. The Morgan fingerprint density at radius 2 is 2.10 bits per heavy atom. The van der Waals surface area contributed by atoms with E-state index >= 15 is 0 Å². The summed E-state index contributed by atoms with van der Waals surface area (Å²) in [5, 5.41) is 21.6. The number of carbonyl (C=O) groups excluding carboxylic acids is 1. The van der Waals surface area contributed by atoms with E-state index in [2.05, 4.69) is 5.32 Å². The molecule has 1 fully saturated rings. The summed E-state index contributed by atoms with van der Waals surface area (Å²) < 4.78 is 13.3. The van der Waals surface area contributed by atoms with Gasteiger partial charge in [-0.05, 0) is 25.0 Å². The molecule has 1 aromatic carbocycles. The zero-order valence-electron chi connectivity index (χ0n) is 10.9. The largest absolute Gasteiger partial charge is 0.506 e. The molecule has 3 N–H and O–H groups in total. The van der Waals surface area contributed by atoms with Crippen LogP contribution in [0.1, 0.15) is 36.0 Å². The number of carbonyl (C=O) groups is 1. The van der Waals surface area contributed by atoms with Crippen LogP contribution in [0.15, 0.2) is 12.1 Å². The number of aliphatic hydroxyl groups is 1. The van der Waals surface area contributed by atoms with Gasteiger partial charge in [-0.1, -0.05) is 24.4 Å². The first-order valence-electron chi connectivity index (χ1n) is 6.62. The van der Waals surface area contributed by atoms with Gasteiger partial charge in [0.2, 0.25) is 0 Å². The third-order valence-electron chi connectivity index (χ3n) is 3.73. The van der Waals surface area contributed by atoms with E-state index in [1.807, 2.05) is 0 Å². The van der Waals surface area contributed by atoms with Gasteiger partial charge in [0.25, 0.3) is 5.91 Å². The number of nitrogens with one attached hydrogen (secondary N) is 1. The van der Waals surface area contributed by atoms with Gasteiger partial charge in [-0.25, -0.2) is 4.39 Å². The van der Waals surface area contributed by atoms with Crippen molar-refractivity contribution in [3.8, 4) is 5.75 Å². The summed E-state index contributed by atoms with van der Waals surface area (Å²) >= 11 is 5.65. The highest BCUT2D eigenvalue weighted by Gasteiger charge is 2.27. The maximum Gasteiger partial charge on any atom is 0.255 e. The van der Waals surface area contributed by atoms with Gasteiger partial charge in [0, 0.05) is 18.6 Å². The van der Waals surface area contributed by atoms with Crippen molar-refractivity contribution in [2.24, 2.45) is 5.92 Å². The fourth-order valence-corrected chi connectivity index (χ4v) is 2.81. The van der Waals surface area contributed by atoms with E-state index in [-0.39, 0.29) is 29.2 Å². The molecule has 0 saturated heterocycles. The third kappa shape index (κ3) is 3.22. The van der Waals surface area contributed by atoms with Crippen LogP contribution in [0.3, 0.4) is 0 Å². The molecule has 0 aromatic heterocycles. The van der Waals surface area contributed by atoms with Crippen LogP contribution in [0.5, 0.6) is 5.75 Å². The Bertz CT molecular complexity index is 509. The van der Waals surface area contributed by atoms with E-state index in [0.717, 1.165) is 37.8 Å². The van der Waals surface area contributed by atoms with Gasteiger partial charge in [-0.2, -0.15) is 0 Å². The van der Waals surface area contributed by atoms with E-state index in [0.29, 0.717) is 0 Å². The van der Waals surface area contributed by atoms with Crippen molar-refractivity contribution in [2.45, 2.75) is 31.7 Å². The number of phenolic OH excluding ortho intramolecular Hbond substituents is 1. The topological polar surface area (TPSA) is 69.6 Å². The SMILES string of the molecule is O=C(NC1CCCCC1CO)c1cc(F)cc(Cl)c1O. The molecule has 2 atom stereocenters. The lowest BCUT2D eigenvalue weighted by Crippen LogP contribution is -2.43. The normalized spacial score (nSPS) is 22.6. The molecule has 2 rings (SSSR count). The lowest BCUT2D eigenvalue weighted by Gasteiger charge is -2.30. The molecule has 2 unspecified atom stereocenters. The first-order chi connectivity index (χ1) is 9.52. The summed E-state index contributed by atoms with van der Waals surface area (Å²) in [7, 11) is 0. The summed E-state index contributed by atoms with van der Waals surface area (Å²) in [6.45, 7) is 0.000829. The monoisotopic (exact) mass is 301 g/mol. The first kappa shape index (κ1) is 15.1. The van der Waals surface area contributed by atoms with Crippen molar-refractivity contribution in [2.75, 3.05) is 6.61 Å². The summed E-state index contributed by atoms with van der Waals surface area (Å²) in [5.41, 5.74) is -0.183. The van der Waals surface area contributed by atoms with Crippen LogP contribution in [0.4, 0.5) is 4.39 Å². The predicted octanol–water partition coefficient (Wildman–Crippen LogP) is 2.47. The molecule has 0 bridgehead atoms. The van der Waals surface area contributed by atoms with Gasteiger partial charge in [-0.3, -0.25) is 4.79 Å². The van der Waals surface area contributed by atoms with Gasteiger partial charge < -0.3 is 15.5 Å². The minimum atomic E-state index is -0.680. The second-order valence-corrected chi connectivity index (χ2v) is 5.50. The van der Waals surface area contributed by atoms with Gasteiger partial charge in [0.15, 0.2) is 0 Å². The van der Waals surface area contributed by atoms with Crippen molar-refractivity contribution in [1.82, 2.24) is 5.32 Å². The quantitative estimate of drug-likeness (QED) is 0.803. The number of hydrogen-bond donors (Lipinski definition) is 3. The van der Waals surface area contributed by atoms with Crippen LogP contribution in [-0.2, 0) is 0 Å². The highest BCUT2D eigenvalue weighted by atomic mass is 35.5. The molecule has 0 radical (unpaired) electrons. The number of hydrogen-bond acceptors (Lipinski definition) is 3. The van der Waals surface area contributed by atoms with Crippen molar-refractivity contribution in [1.29, 1.82) is 0 Å². The highest BCUT2D eigenvalue weighted by molar-refractivity contribution is 6.32. The van der Waals surface area contributed by atoms with Crippen LogP contribution >= 0.6 is 11.6 Å². The standard InChI is InChI=1S/C14H17ClFNO3/c15-11-6-9(16)5-10(13(11)19)14(20)17-12-4-2-1-3-8(12)7-18/h5-6,8,12,18-19H,1-4,7H2,(H,17,20). The van der Waals surface area contributed by atoms with Crippen LogP contribution < -0.4 is 5.32 Å². The molecule has 1 saturated carbocycles. The maximum absolute atomic E-state index is 13.3. The van der Waals surface area contributed by atoms with Gasteiger partial charge in [0.05, 0.1) is 10.6 Å². The molecule has 0 aliphatic heterocycles. The maximum atomic E-state index is 13.3. The summed E-state index contributed by atoms with van der Waals surface area (Å²) in [4.78, 5) is 12.1. The fraction of sp³-hybridized carbons (Fsp3) is 0.500. The fourth-order valence-electron chi connectivity index (χ4n) is 2.60.